The highest BCUT2D eigenvalue weighted by molar-refractivity contribution is 8.01. The Balaban J connectivity index is 1.40. The first kappa shape index (κ1) is 23.4. The molecule has 0 radical (unpaired) electrons. The number of hydrogen-bond acceptors (Lipinski definition) is 10. The molecule has 32 heavy (non-hydrogen) atoms. The molecular formula is C17H20N6O5S4. The van der Waals surface area contributed by atoms with Gasteiger partial charge < -0.3 is 19.9 Å². The Morgan fingerprint density at radius 3 is 2.91 bits per heavy atom. The number of carboxylic acid groups (broad SMARTS) is 1. The molecule has 0 aliphatic carbocycles. The summed E-state index contributed by atoms with van der Waals surface area (Å²) in [7, 11) is 0. The summed E-state index contributed by atoms with van der Waals surface area (Å²) in [5.41, 5.74) is -1.20. The molecule has 4 rings (SSSR count). The van der Waals surface area contributed by atoms with Crippen molar-refractivity contribution in [1.82, 2.24) is 30.8 Å². The van der Waals surface area contributed by atoms with Crippen LogP contribution in [0.1, 0.15) is 13.8 Å². The zero-order chi connectivity index (χ0) is 23.0. The minimum atomic E-state index is -1.51. The minimum Gasteiger partial charge on any atom is -0.610 e. The summed E-state index contributed by atoms with van der Waals surface area (Å²) in [6.07, 6.45) is 0. The lowest BCUT2D eigenvalue weighted by molar-refractivity contribution is -0.158. The Labute approximate surface area is 198 Å². The number of carbonyl (C=O) groups excluding carboxylic acids is 2. The van der Waals surface area contributed by atoms with Crippen LogP contribution in [0.15, 0.2) is 26.9 Å². The first-order valence-corrected chi connectivity index (χ1v) is 13.6. The second kappa shape index (κ2) is 9.21. The van der Waals surface area contributed by atoms with Crippen molar-refractivity contribution < 1.29 is 24.0 Å². The van der Waals surface area contributed by atoms with Crippen LogP contribution >= 0.6 is 34.9 Å². The lowest BCUT2D eigenvalue weighted by atomic mass is 9.84. The molecule has 0 bridgehead atoms. The van der Waals surface area contributed by atoms with Gasteiger partial charge in [-0.25, -0.2) is 5.10 Å². The summed E-state index contributed by atoms with van der Waals surface area (Å²) in [4.78, 5) is 39.1. The highest BCUT2D eigenvalue weighted by atomic mass is 32.2. The van der Waals surface area contributed by atoms with E-state index in [-0.39, 0.29) is 23.6 Å². The van der Waals surface area contributed by atoms with E-state index in [0.29, 0.717) is 9.37 Å². The maximum Gasteiger partial charge on any atom is 0.313 e. The van der Waals surface area contributed by atoms with Crippen LogP contribution in [0.25, 0.3) is 0 Å². The fourth-order valence-electron chi connectivity index (χ4n) is 3.54. The summed E-state index contributed by atoms with van der Waals surface area (Å²) in [5.74, 6) is -1.55. The fourth-order valence-corrected chi connectivity index (χ4v) is 8.57. The number of H-pyrrole nitrogens is 1. The van der Waals surface area contributed by atoms with Crippen LogP contribution in [-0.2, 0) is 25.6 Å². The van der Waals surface area contributed by atoms with Gasteiger partial charge in [-0.05, 0) is 28.8 Å². The molecule has 2 fully saturated rings. The first-order chi connectivity index (χ1) is 15.2. The van der Waals surface area contributed by atoms with E-state index in [4.69, 9.17) is 0 Å². The number of thioether (sulfide) groups is 2. The largest absolute Gasteiger partial charge is 0.610 e. The van der Waals surface area contributed by atoms with E-state index in [1.807, 2.05) is 0 Å². The van der Waals surface area contributed by atoms with Gasteiger partial charge in [0.2, 0.25) is 15.3 Å². The number of aromatic amines is 1. The quantitative estimate of drug-likeness (QED) is 0.254. The molecule has 15 heteroatoms. The van der Waals surface area contributed by atoms with Crippen LogP contribution in [0.2, 0.25) is 0 Å². The zero-order valence-electron chi connectivity index (χ0n) is 17.0. The Morgan fingerprint density at radius 1 is 1.50 bits per heavy atom. The van der Waals surface area contributed by atoms with E-state index < -0.39 is 45.0 Å². The Bertz CT molecular complexity index is 992. The van der Waals surface area contributed by atoms with Gasteiger partial charge in [-0.15, -0.1) is 16.9 Å². The van der Waals surface area contributed by atoms with E-state index in [9.17, 15) is 24.0 Å². The van der Waals surface area contributed by atoms with E-state index >= 15 is 0 Å². The zero-order valence-corrected chi connectivity index (χ0v) is 20.2. The first-order valence-electron chi connectivity index (χ1n) is 9.55. The third kappa shape index (κ3) is 4.11. The molecule has 0 spiro atoms. The number of β-lactam (4-membered cyclic amide) rings is 1. The third-order valence-corrected chi connectivity index (χ3v) is 11.2. The van der Waals surface area contributed by atoms with Gasteiger partial charge in [-0.1, -0.05) is 30.0 Å². The van der Waals surface area contributed by atoms with E-state index in [1.165, 1.54) is 39.8 Å². The van der Waals surface area contributed by atoms with Crippen molar-refractivity contribution in [2.24, 2.45) is 5.41 Å². The molecule has 172 valence electrons. The summed E-state index contributed by atoms with van der Waals surface area (Å²) in [5, 5.41) is 26.7. The number of amides is 2. The number of aliphatic carboxylic acids is 1. The second-order valence-corrected chi connectivity index (χ2v) is 12.8. The molecule has 0 saturated carbocycles. The van der Waals surface area contributed by atoms with Gasteiger partial charge >= 0.3 is 5.97 Å². The van der Waals surface area contributed by atoms with Crippen LogP contribution in [0.4, 0.5) is 0 Å². The summed E-state index contributed by atoms with van der Waals surface area (Å²) in [6.45, 7) is 3.36. The average molecular weight is 517 g/mol. The molecule has 2 amide bonds. The Kier molecular flexibility index (Phi) is 6.72. The van der Waals surface area contributed by atoms with E-state index in [1.54, 1.807) is 31.4 Å². The molecular weight excluding hydrogens is 496 g/mol. The molecule has 11 nitrogen and oxygen atoms in total. The molecule has 2 saturated heterocycles. The van der Waals surface area contributed by atoms with Gasteiger partial charge in [-0.3, -0.25) is 14.4 Å². The molecule has 2 aliphatic rings. The maximum atomic E-state index is 12.8. The number of carbonyl (C=O) groups is 3. The van der Waals surface area contributed by atoms with Crippen molar-refractivity contribution in [3.05, 3.63) is 17.5 Å². The van der Waals surface area contributed by atoms with Gasteiger partial charge in [-0.2, -0.15) is 0 Å². The van der Waals surface area contributed by atoms with Crippen molar-refractivity contribution in [3.63, 3.8) is 0 Å². The van der Waals surface area contributed by atoms with Crippen molar-refractivity contribution in [3.8, 4) is 0 Å². The molecule has 6 atom stereocenters. The lowest BCUT2D eigenvalue weighted by Gasteiger charge is -2.54. The van der Waals surface area contributed by atoms with Gasteiger partial charge in [0, 0.05) is 34.8 Å². The van der Waals surface area contributed by atoms with Crippen molar-refractivity contribution in [2.75, 3.05) is 12.3 Å². The topological polar surface area (TPSA) is 164 Å². The number of carboxylic acids is 1. The van der Waals surface area contributed by atoms with Gasteiger partial charge in [0.25, 0.3) is 5.91 Å². The number of nitrogens with zero attached hydrogens (tertiary/aromatic N) is 4. The van der Waals surface area contributed by atoms with Crippen LogP contribution in [0.5, 0.6) is 0 Å². The van der Waals surface area contributed by atoms with Gasteiger partial charge in [0.1, 0.15) is 16.8 Å². The van der Waals surface area contributed by atoms with E-state index in [2.05, 4.69) is 25.9 Å². The normalized spacial score (nSPS) is 27.7. The third-order valence-electron chi connectivity index (χ3n) is 5.61. The second-order valence-electron chi connectivity index (χ2n) is 7.45. The molecule has 2 aliphatic heterocycles. The van der Waals surface area contributed by atoms with Crippen molar-refractivity contribution in [2.45, 2.75) is 45.1 Å². The van der Waals surface area contributed by atoms with Gasteiger partial charge in [0.05, 0.1) is 0 Å². The van der Waals surface area contributed by atoms with Crippen molar-refractivity contribution >= 4 is 63.8 Å². The number of thiophene rings is 1. The van der Waals surface area contributed by atoms with Crippen LogP contribution in [0.3, 0.4) is 0 Å². The smallest absolute Gasteiger partial charge is 0.313 e. The summed E-state index contributed by atoms with van der Waals surface area (Å²) in [6, 6.07) is 2.71. The predicted molar refractivity (Wildman–Crippen MR) is 120 cm³/mol. The molecule has 2 aromatic rings. The maximum absolute atomic E-state index is 12.8. The number of rotatable bonds is 8. The number of aromatic nitrogens is 4. The average Bonchev–Trinajstić information content (AvgIpc) is 3.49. The predicted octanol–water partition coefficient (Wildman–Crippen LogP) is 0.409. The fraction of sp³-hybridized carbons (Fsp3) is 0.529. The number of nitrogens with one attached hydrogen (secondary N) is 2. The summed E-state index contributed by atoms with van der Waals surface area (Å²) < 4.78 is 13.1. The highest BCUT2D eigenvalue weighted by Gasteiger charge is 2.59. The Morgan fingerprint density at radius 2 is 2.28 bits per heavy atom. The number of fused-ring (bicyclic) bond motifs is 1. The van der Waals surface area contributed by atoms with Crippen LogP contribution < -0.4 is 5.32 Å². The molecule has 5 unspecified atom stereocenters. The number of hydrogen-bond donors (Lipinski definition) is 3. The SMILES string of the molecule is CC(C(=O)NC1C(=O)N2CC(C(=O)O)(C(C)Sc3nnn[nH]3)CS[C@H]12)[S+]([O-])c1cccs1. The van der Waals surface area contributed by atoms with Crippen LogP contribution in [0, 0.1) is 5.41 Å². The molecule has 2 aromatic heterocycles. The highest BCUT2D eigenvalue weighted by Crippen LogP contribution is 2.47. The number of tetrazole rings is 1. The lowest BCUT2D eigenvalue weighted by Crippen LogP contribution is -2.75. The summed E-state index contributed by atoms with van der Waals surface area (Å²) >= 11 is 2.33. The van der Waals surface area contributed by atoms with Crippen LogP contribution in [-0.4, -0.2) is 87.2 Å². The standard InChI is InChI=1S/C17H20N6O5S4/c1-8(32(28)10-4-3-5-29-10)12(24)18-11-13(25)23-6-17(15(26)27,7-30-14(11)23)9(2)31-16-19-21-22-20-16/h3-5,8-9,11,14H,6-7H2,1-2H3,(H,18,24)(H,26,27)(H,19,20,21,22)/t8?,9?,11?,14-,17?,32?/m1/s1. The molecule has 3 N–H and O–H groups in total. The van der Waals surface area contributed by atoms with Crippen molar-refractivity contribution in [1.29, 1.82) is 0 Å². The molecule has 4 heterocycles. The minimum absolute atomic E-state index is 0.0254. The van der Waals surface area contributed by atoms with Gasteiger partial charge in [0.15, 0.2) is 5.25 Å². The monoisotopic (exact) mass is 516 g/mol. The molecule has 0 aromatic carbocycles. The van der Waals surface area contributed by atoms with E-state index in [0.717, 1.165) is 0 Å². The Hall–Kier alpha value is -1.81.